The second-order valence-electron chi connectivity index (χ2n) is 9.48. The molecule has 9 nitrogen and oxygen atoms in total. The number of anilines is 1. The number of benzene rings is 3. The smallest absolute Gasteiger partial charge is 0.389 e. The van der Waals surface area contributed by atoms with E-state index in [2.05, 4.69) is 25.6 Å². The van der Waals surface area contributed by atoms with Crippen LogP contribution in [0.3, 0.4) is 0 Å². The molecule has 0 aliphatic carbocycles. The summed E-state index contributed by atoms with van der Waals surface area (Å²) in [4.78, 5) is 30.9. The summed E-state index contributed by atoms with van der Waals surface area (Å²) < 4.78 is 41.5. The summed E-state index contributed by atoms with van der Waals surface area (Å²) in [5.74, 6) is -0.389. The van der Waals surface area contributed by atoms with E-state index in [9.17, 15) is 27.9 Å². The molecule has 1 amide bonds. The van der Waals surface area contributed by atoms with Gasteiger partial charge in [0, 0.05) is 16.8 Å². The van der Waals surface area contributed by atoms with Gasteiger partial charge in [-0.25, -0.2) is 9.67 Å². The third-order valence-corrected chi connectivity index (χ3v) is 6.72. The SMILES string of the molecule is CC(O)c1cccc(NC(=O)c2ccc(-n3[nH]c4c(c(-c5cccc(C(F)(F)F)c5)nc5[nH]ncc54)c3=O)cc2)c1. The normalized spacial score (nSPS) is 12.6. The number of carbonyl (C=O) groups is 1. The lowest BCUT2D eigenvalue weighted by Crippen LogP contribution is -2.16. The first kappa shape index (κ1) is 26.0. The molecule has 1 atom stereocenters. The molecule has 0 fully saturated rings. The fraction of sp³-hybridized carbons (Fsp3) is 0.103. The predicted molar refractivity (Wildman–Crippen MR) is 147 cm³/mol. The Balaban J connectivity index is 1.39. The number of hydrogen-bond donors (Lipinski definition) is 4. The number of aromatic amines is 2. The van der Waals surface area contributed by atoms with Gasteiger partial charge in [0.25, 0.3) is 11.5 Å². The van der Waals surface area contributed by atoms with Crippen LogP contribution in [0.4, 0.5) is 18.9 Å². The van der Waals surface area contributed by atoms with Crippen molar-refractivity contribution >= 4 is 33.5 Å². The molecule has 1 unspecified atom stereocenters. The Morgan fingerprint density at radius 2 is 1.80 bits per heavy atom. The van der Waals surface area contributed by atoms with Crippen LogP contribution in [-0.4, -0.2) is 36.0 Å². The number of H-pyrrole nitrogens is 2. The number of hydrogen-bond acceptors (Lipinski definition) is 5. The lowest BCUT2D eigenvalue weighted by molar-refractivity contribution is -0.137. The highest BCUT2D eigenvalue weighted by molar-refractivity contribution is 6.07. The number of amides is 1. The highest BCUT2D eigenvalue weighted by atomic mass is 19.4. The molecule has 3 heterocycles. The molecule has 206 valence electrons. The van der Waals surface area contributed by atoms with Gasteiger partial charge in [-0.05, 0) is 61.0 Å². The molecule has 3 aromatic heterocycles. The Kier molecular flexibility index (Phi) is 6.19. The van der Waals surface area contributed by atoms with E-state index < -0.39 is 23.4 Å². The van der Waals surface area contributed by atoms with E-state index in [4.69, 9.17) is 0 Å². The van der Waals surface area contributed by atoms with Crippen LogP contribution >= 0.6 is 0 Å². The minimum Gasteiger partial charge on any atom is -0.389 e. The van der Waals surface area contributed by atoms with Crippen LogP contribution in [-0.2, 0) is 6.18 Å². The van der Waals surface area contributed by atoms with Gasteiger partial charge in [-0.15, -0.1) is 0 Å². The van der Waals surface area contributed by atoms with E-state index in [1.165, 1.54) is 23.0 Å². The first-order chi connectivity index (χ1) is 19.6. The highest BCUT2D eigenvalue weighted by Crippen LogP contribution is 2.34. The minimum absolute atomic E-state index is 0.0678. The second kappa shape index (κ2) is 9.75. The lowest BCUT2D eigenvalue weighted by atomic mass is 10.0. The van der Waals surface area contributed by atoms with Crippen molar-refractivity contribution in [1.29, 1.82) is 0 Å². The number of aromatic nitrogens is 5. The quantitative estimate of drug-likeness (QED) is 0.220. The maximum absolute atomic E-state index is 13.7. The van der Waals surface area contributed by atoms with E-state index in [-0.39, 0.29) is 22.6 Å². The van der Waals surface area contributed by atoms with E-state index in [0.717, 1.165) is 12.1 Å². The number of aliphatic hydroxyl groups excluding tert-OH is 1. The summed E-state index contributed by atoms with van der Waals surface area (Å²) in [5.41, 5.74) is 1.33. The number of halogens is 3. The van der Waals surface area contributed by atoms with Gasteiger partial charge in [-0.3, -0.25) is 19.8 Å². The van der Waals surface area contributed by atoms with Crippen molar-refractivity contribution in [2.24, 2.45) is 0 Å². The highest BCUT2D eigenvalue weighted by Gasteiger charge is 2.31. The molecule has 41 heavy (non-hydrogen) atoms. The monoisotopic (exact) mass is 558 g/mol. The van der Waals surface area contributed by atoms with Gasteiger partial charge >= 0.3 is 6.18 Å². The molecule has 0 saturated heterocycles. The number of carbonyl (C=O) groups excluding carboxylic acids is 1. The zero-order chi connectivity index (χ0) is 28.9. The molecule has 12 heteroatoms. The lowest BCUT2D eigenvalue weighted by Gasteiger charge is -2.09. The summed E-state index contributed by atoms with van der Waals surface area (Å²) >= 11 is 0. The second-order valence-corrected chi connectivity index (χ2v) is 9.48. The van der Waals surface area contributed by atoms with Crippen LogP contribution in [0.15, 0.2) is 83.8 Å². The van der Waals surface area contributed by atoms with E-state index in [1.54, 1.807) is 55.5 Å². The van der Waals surface area contributed by atoms with Crippen LogP contribution in [0.1, 0.15) is 34.5 Å². The molecule has 0 radical (unpaired) electrons. The first-order valence-electron chi connectivity index (χ1n) is 12.5. The molecule has 0 spiro atoms. The standard InChI is InChI=1S/C29H21F3N6O3/c1-15(39)17-4-3-7-20(13-17)34-27(40)16-8-10-21(11-9-16)38-28(41)23-24(18-5-2-6-19(12-18)29(30,31)32)35-26-22(14-33-36-26)25(23)37-38/h2-15,37,39H,1H3,(H,34,40)(H,33,35,36). The van der Waals surface area contributed by atoms with Gasteiger partial charge < -0.3 is 10.4 Å². The fourth-order valence-corrected chi connectivity index (χ4v) is 4.64. The summed E-state index contributed by atoms with van der Waals surface area (Å²) in [6.45, 7) is 1.63. The molecule has 0 aliphatic rings. The van der Waals surface area contributed by atoms with Crippen molar-refractivity contribution in [2.75, 3.05) is 5.32 Å². The average molecular weight is 559 g/mol. The topological polar surface area (TPSA) is 129 Å². The van der Waals surface area contributed by atoms with Gasteiger partial charge in [-0.2, -0.15) is 18.3 Å². The van der Waals surface area contributed by atoms with Crippen LogP contribution in [0.5, 0.6) is 0 Å². The molecule has 4 N–H and O–H groups in total. The maximum Gasteiger partial charge on any atom is 0.416 e. The van der Waals surface area contributed by atoms with Gasteiger partial charge in [0.15, 0.2) is 5.65 Å². The first-order valence-corrected chi connectivity index (χ1v) is 12.5. The molecule has 6 rings (SSSR count). The average Bonchev–Trinajstić information content (AvgIpc) is 3.57. The van der Waals surface area contributed by atoms with Crippen molar-refractivity contribution in [3.05, 3.63) is 106 Å². The van der Waals surface area contributed by atoms with Crippen molar-refractivity contribution in [2.45, 2.75) is 19.2 Å². The summed E-state index contributed by atoms with van der Waals surface area (Å²) in [5, 5.41) is 22.9. The molecule has 6 aromatic rings. The van der Waals surface area contributed by atoms with Crippen LogP contribution in [0.25, 0.3) is 38.9 Å². The summed E-state index contributed by atoms with van der Waals surface area (Å²) in [7, 11) is 0. The van der Waals surface area contributed by atoms with E-state index >= 15 is 0 Å². The Bertz CT molecular complexity index is 1990. The number of nitrogens with one attached hydrogen (secondary N) is 3. The van der Waals surface area contributed by atoms with E-state index in [0.29, 0.717) is 39.1 Å². The maximum atomic E-state index is 13.7. The van der Waals surface area contributed by atoms with Crippen molar-refractivity contribution in [1.82, 2.24) is 25.0 Å². The fourth-order valence-electron chi connectivity index (χ4n) is 4.64. The molecular formula is C29H21F3N6O3. The van der Waals surface area contributed by atoms with Gasteiger partial charge in [-0.1, -0.05) is 24.3 Å². The predicted octanol–water partition coefficient (Wildman–Crippen LogP) is 5.58. The van der Waals surface area contributed by atoms with Gasteiger partial charge in [0.2, 0.25) is 0 Å². The number of nitrogens with zero attached hydrogens (tertiary/aromatic N) is 3. The zero-order valence-electron chi connectivity index (χ0n) is 21.3. The Morgan fingerprint density at radius 3 is 2.54 bits per heavy atom. The Hall–Kier alpha value is -5.23. The molecule has 0 saturated carbocycles. The minimum atomic E-state index is -4.57. The van der Waals surface area contributed by atoms with Crippen LogP contribution in [0.2, 0.25) is 0 Å². The zero-order valence-corrected chi connectivity index (χ0v) is 21.3. The molecule has 3 aromatic carbocycles. The number of fused-ring (bicyclic) bond motifs is 3. The van der Waals surface area contributed by atoms with Crippen molar-refractivity contribution in [3.8, 4) is 16.9 Å². The number of alkyl halides is 3. The molecule has 0 aliphatic heterocycles. The third kappa shape index (κ3) is 4.74. The summed E-state index contributed by atoms with van der Waals surface area (Å²) in [6.07, 6.45) is -3.78. The van der Waals surface area contributed by atoms with Crippen LogP contribution in [0, 0.1) is 0 Å². The van der Waals surface area contributed by atoms with Gasteiger partial charge in [0.1, 0.15) is 0 Å². The summed E-state index contributed by atoms with van der Waals surface area (Å²) in [6, 6.07) is 17.7. The Labute approximate surface area is 229 Å². The third-order valence-electron chi connectivity index (χ3n) is 6.72. The van der Waals surface area contributed by atoms with Crippen molar-refractivity contribution in [3.63, 3.8) is 0 Å². The number of aliphatic hydroxyl groups is 1. The van der Waals surface area contributed by atoms with Crippen LogP contribution < -0.4 is 10.9 Å². The molecular weight excluding hydrogens is 537 g/mol. The molecule has 0 bridgehead atoms. The van der Waals surface area contributed by atoms with Crippen molar-refractivity contribution < 1.29 is 23.1 Å². The van der Waals surface area contributed by atoms with E-state index in [1.807, 2.05) is 0 Å². The Morgan fingerprint density at radius 1 is 1.05 bits per heavy atom. The van der Waals surface area contributed by atoms with Gasteiger partial charge in [0.05, 0.1) is 45.5 Å². The largest absolute Gasteiger partial charge is 0.416 e. The number of pyridine rings is 1. The number of rotatable bonds is 5.